The monoisotopic (exact) mass is 394 g/mol. The number of benzene rings is 1. The summed E-state index contributed by atoms with van der Waals surface area (Å²) in [6.45, 7) is 2.41. The third kappa shape index (κ3) is 3.61. The zero-order valence-electron chi connectivity index (χ0n) is 14.8. The van der Waals surface area contributed by atoms with Gasteiger partial charge in [-0.1, -0.05) is 23.7 Å². The zero-order chi connectivity index (χ0) is 17.4. The molecule has 3 atom stereocenters. The van der Waals surface area contributed by atoms with E-state index in [1.165, 1.54) is 5.56 Å². The van der Waals surface area contributed by atoms with E-state index in [1.54, 1.807) is 0 Å². The summed E-state index contributed by atoms with van der Waals surface area (Å²) in [5.41, 5.74) is 2.33. The number of nitrogens with zero attached hydrogens (tertiary/aromatic N) is 3. The van der Waals surface area contributed by atoms with Gasteiger partial charge in [0.25, 0.3) is 0 Å². The molecule has 1 N–H and O–H groups in total. The number of carbonyl (C=O) groups excluding carboxylic acids is 1. The number of carbonyl (C=O) groups is 1. The van der Waals surface area contributed by atoms with Gasteiger partial charge in [-0.25, -0.2) is 0 Å². The van der Waals surface area contributed by atoms with E-state index in [4.69, 9.17) is 11.6 Å². The van der Waals surface area contributed by atoms with E-state index >= 15 is 0 Å². The number of hydrogen-bond donors (Lipinski definition) is 1. The summed E-state index contributed by atoms with van der Waals surface area (Å²) in [5.74, 6) is 0.445. The highest BCUT2D eigenvalue weighted by molar-refractivity contribution is 6.30. The molecule has 1 unspecified atom stereocenters. The Labute approximate surface area is 165 Å². The molecule has 7 heteroatoms. The lowest BCUT2D eigenvalue weighted by molar-refractivity contribution is -0.136. The van der Waals surface area contributed by atoms with E-state index < -0.39 is 0 Å². The van der Waals surface area contributed by atoms with Gasteiger partial charge in [-0.05, 0) is 36.1 Å². The minimum atomic E-state index is -0.0166. The second-order valence-corrected chi connectivity index (χ2v) is 7.50. The average molecular weight is 395 g/mol. The fraction of sp³-hybridized carbons (Fsp3) is 0.474. The van der Waals surface area contributed by atoms with Crippen molar-refractivity contribution < 1.29 is 4.79 Å². The summed E-state index contributed by atoms with van der Waals surface area (Å²) in [4.78, 5) is 15.4. The Morgan fingerprint density at radius 3 is 2.69 bits per heavy atom. The number of likely N-dealkylation sites (tertiary alicyclic amines) is 1. The molecule has 1 aromatic carbocycles. The molecular weight excluding hydrogens is 371 g/mol. The first-order chi connectivity index (χ1) is 12.1. The van der Waals surface area contributed by atoms with Gasteiger partial charge in [0.05, 0.1) is 18.2 Å². The van der Waals surface area contributed by atoms with Gasteiger partial charge in [-0.15, -0.1) is 12.4 Å². The van der Waals surface area contributed by atoms with E-state index in [0.29, 0.717) is 0 Å². The Hall–Kier alpha value is -1.56. The summed E-state index contributed by atoms with van der Waals surface area (Å²) < 4.78 is 1.81. The predicted octanol–water partition coefficient (Wildman–Crippen LogP) is 3.16. The van der Waals surface area contributed by atoms with E-state index in [1.807, 2.05) is 48.4 Å². The van der Waals surface area contributed by atoms with Crippen molar-refractivity contribution in [3.63, 3.8) is 0 Å². The Balaban J connectivity index is 0.00000196. The molecular formula is C19H24Cl2N4O. The fourth-order valence-corrected chi connectivity index (χ4v) is 4.32. The van der Waals surface area contributed by atoms with Crippen molar-refractivity contribution in [2.45, 2.75) is 24.8 Å². The van der Waals surface area contributed by atoms with E-state index in [9.17, 15) is 4.79 Å². The SMILES string of the molecule is Cl.Cn1cc([C@H]2CNC[C@@H]2C(=O)N2CCCC2c2ccc(Cl)cc2)cn1. The highest BCUT2D eigenvalue weighted by Gasteiger charge is 2.40. The summed E-state index contributed by atoms with van der Waals surface area (Å²) in [5, 5.41) is 8.40. The first-order valence-electron chi connectivity index (χ1n) is 8.88. The summed E-state index contributed by atoms with van der Waals surface area (Å²) >= 11 is 6.01. The lowest BCUT2D eigenvalue weighted by atomic mass is 9.89. The highest BCUT2D eigenvalue weighted by Crippen LogP contribution is 2.37. The molecule has 0 radical (unpaired) electrons. The maximum atomic E-state index is 13.3. The van der Waals surface area contributed by atoms with Gasteiger partial charge in [-0.2, -0.15) is 5.10 Å². The van der Waals surface area contributed by atoms with Crippen LogP contribution in [0.4, 0.5) is 0 Å². The number of aromatic nitrogens is 2. The Bertz CT molecular complexity index is 761. The summed E-state index contributed by atoms with van der Waals surface area (Å²) in [6, 6.07) is 8.08. The molecule has 140 valence electrons. The predicted molar refractivity (Wildman–Crippen MR) is 105 cm³/mol. The number of rotatable bonds is 3. The van der Waals surface area contributed by atoms with Crippen LogP contribution in [0.1, 0.15) is 35.9 Å². The van der Waals surface area contributed by atoms with Gasteiger partial charge in [0.15, 0.2) is 0 Å². The summed E-state index contributed by atoms with van der Waals surface area (Å²) in [6.07, 6.45) is 5.99. The van der Waals surface area contributed by atoms with Crippen LogP contribution >= 0.6 is 24.0 Å². The molecule has 1 aromatic heterocycles. The normalized spacial score (nSPS) is 25.3. The first-order valence-corrected chi connectivity index (χ1v) is 9.26. The number of halogens is 2. The number of hydrogen-bond acceptors (Lipinski definition) is 3. The molecule has 2 fully saturated rings. The van der Waals surface area contributed by atoms with E-state index in [0.717, 1.165) is 43.1 Å². The van der Waals surface area contributed by atoms with Gasteiger partial charge in [-0.3, -0.25) is 9.48 Å². The minimum Gasteiger partial charge on any atom is -0.335 e. The van der Waals surface area contributed by atoms with Crippen LogP contribution in [0.15, 0.2) is 36.7 Å². The Morgan fingerprint density at radius 1 is 1.23 bits per heavy atom. The van der Waals surface area contributed by atoms with Gasteiger partial charge in [0, 0.05) is 43.8 Å². The van der Waals surface area contributed by atoms with Crippen LogP contribution in [0.3, 0.4) is 0 Å². The third-order valence-electron chi connectivity index (χ3n) is 5.48. The van der Waals surface area contributed by atoms with Crippen molar-refractivity contribution >= 4 is 29.9 Å². The average Bonchev–Trinajstić information content (AvgIpc) is 3.34. The van der Waals surface area contributed by atoms with Crippen molar-refractivity contribution in [3.05, 3.63) is 52.8 Å². The second-order valence-electron chi connectivity index (χ2n) is 7.06. The molecule has 3 heterocycles. The molecule has 2 aliphatic heterocycles. The van der Waals surface area contributed by atoms with Gasteiger partial charge in [0.2, 0.25) is 5.91 Å². The molecule has 0 spiro atoms. The quantitative estimate of drug-likeness (QED) is 0.869. The maximum Gasteiger partial charge on any atom is 0.228 e. The topological polar surface area (TPSA) is 50.2 Å². The number of nitrogens with one attached hydrogen (secondary N) is 1. The largest absolute Gasteiger partial charge is 0.335 e. The number of amides is 1. The van der Waals surface area contributed by atoms with Crippen molar-refractivity contribution in [2.75, 3.05) is 19.6 Å². The standard InChI is InChI=1S/C19H23ClN4O.ClH/c1-23-12-14(9-22-23)16-10-21-11-17(16)19(25)24-8-2-3-18(24)13-4-6-15(20)7-5-13;/h4-7,9,12,16-18,21H,2-3,8,10-11H2,1H3;1H/t16-,17+,18?;/m1./s1. The molecule has 5 nitrogen and oxygen atoms in total. The van der Waals surface area contributed by atoms with Crippen LogP contribution in [0, 0.1) is 5.92 Å². The molecule has 2 aliphatic rings. The lowest BCUT2D eigenvalue weighted by Crippen LogP contribution is -2.38. The molecule has 0 bridgehead atoms. The van der Waals surface area contributed by atoms with Crippen molar-refractivity contribution in [3.8, 4) is 0 Å². The molecule has 2 saturated heterocycles. The fourth-order valence-electron chi connectivity index (χ4n) is 4.20. The van der Waals surface area contributed by atoms with Crippen LogP contribution in [0.5, 0.6) is 0 Å². The second kappa shape index (κ2) is 7.99. The highest BCUT2D eigenvalue weighted by atomic mass is 35.5. The molecule has 1 amide bonds. The smallest absolute Gasteiger partial charge is 0.228 e. The van der Waals surface area contributed by atoms with Gasteiger partial charge < -0.3 is 10.2 Å². The van der Waals surface area contributed by atoms with Crippen molar-refractivity contribution in [2.24, 2.45) is 13.0 Å². The molecule has 2 aromatic rings. The van der Waals surface area contributed by atoms with Crippen LogP contribution in [-0.2, 0) is 11.8 Å². The van der Waals surface area contributed by atoms with Gasteiger partial charge in [0.1, 0.15) is 0 Å². The van der Waals surface area contributed by atoms with Crippen LogP contribution in [-0.4, -0.2) is 40.2 Å². The molecule has 26 heavy (non-hydrogen) atoms. The van der Waals surface area contributed by atoms with Crippen LogP contribution in [0.2, 0.25) is 5.02 Å². The van der Waals surface area contributed by atoms with Crippen LogP contribution in [0.25, 0.3) is 0 Å². The van der Waals surface area contributed by atoms with E-state index in [-0.39, 0.29) is 36.2 Å². The Morgan fingerprint density at radius 2 is 2.00 bits per heavy atom. The first kappa shape index (κ1) is 19.2. The summed E-state index contributed by atoms with van der Waals surface area (Å²) in [7, 11) is 1.92. The molecule has 0 aliphatic carbocycles. The van der Waals surface area contributed by atoms with Crippen LogP contribution < -0.4 is 5.32 Å². The lowest BCUT2D eigenvalue weighted by Gasteiger charge is -2.29. The van der Waals surface area contributed by atoms with Crippen molar-refractivity contribution in [1.29, 1.82) is 0 Å². The minimum absolute atomic E-state index is 0. The zero-order valence-corrected chi connectivity index (χ0v) is 16.3. The van der Waals surface area contributed by atoms with E-state index in [2.05, 4.69) is 15.3 Å². The molecule has 4 rings (SSSR count). The third-order valence-corrected chi connectivity index (χ3v) is 5.73. The number of aryl methyl sites for hydroxylation is 1. The molecule has 0 saturated carbocycles. The maximum absolute atomic E-state index is 13.3. The van der Waals surface area contributed by atoms with Crippen molar-refractivity contribution in [1.82, 2.24) is 20.0 Å². The van der Waals surface area contributed by atoms with Gasteiger partial charge >= 0.3 is 0 Å². The Kier molecular flexibility index (Phi) is 5.90.